The highest BCUT2D eigenvalue weighted by Crippen LogP contribution is 2.10. The fourth-order valence-corrected chi connectivity index (χ4v) is 1.26. The molecule has 1 heterocycles. The third kappa shape index (κ3) is 2.17. The average molecular weight is 174 g/mol. The van der Waals surface area contributed by atoms with Crippen LogP contribution < -0.4 is 5.73 Å². The molecule has 1 fully saturated rings. The molecule has 0 radical (unpaired) electrons. The number of likely N-dealkylation sites (tertiary alicyclic amines) is 1. The maximum Gasteiger partial charge on any atom is 0.225 e. The predicted molar refractivity (Wildman–Crippen MR) is 42.3 cm³/mol. The molecule has 0 spiro atoms. The Kier molecular flexibility index (Phi) is 3.02. The molecule has 2 unspecified atom stereocenters. The summed E-state index contributed by atoms with van der Waals surface area (Å²) in [4.78, 5) is 12.5. The van der Waals surface area contributed by atoms with Crippen molar-refractivity contribution in [1.29, 1.82) is 0 Å². The molecule has 0 aromatic heterocycles. The topological polar surface area (TPSA) is 86.8 Å². The monoisotopic (exact) mass is 174 g/mol. The number of aliphatic hydroxyl groups excluding tert-OH is 2. The number of nitrogens with two attached hydrogens (primary N) is 1. The van der Waals surface area contributed by atoms with Gasteiger partial charge in [0.1, 0.15) is 0 Å². The van der Waals surface area contributed by atoms with E-state index in [4.69, 9.17) is 15.9 Å². The van der Waals surface area contributed by atoms with Gasteiger partial charge in [0.2, 0.25) is 5.91 Å². The van der Waals surface area contributed by atoms with Crippen LogP contribution in [-0.4, -0.2) is 52.9 Å². The van der Waals surface area contributed by atoms with E-state index >= 15 is 0 Å². The second kappa shape index (κ2) is 3.84. The summed E-state index contributed by atoms with van der Waals surface area (Å²) < 4.78 is 0. The van der Waals surface area contributed by atoms with Crippen molar-refractivity contribution >= 4 is 5.91 Å². The lowest BCUT2D eigenvalue weighted by molar-refractivity contribution is -0.128. The molecular weight excluding hydrogens is 160 g/mol. The first-order chi connectivity index (χ1) is 5.63. The quantitative estimate of drug-likeness (QED) is 0.457. The molecule has 2 atom stereocenters. The molecule has 1 aliphatic rings. The molecule has 0 bridgehead atoms. The van der Waals surface area contributed by atoms with Gasteiger partial charge in [-0.25, -0.2) is 0 Å². The van der Waals surface area contributed by atoms with E-state index < -0.39 is 12.2 Å². The van der Waals surface area contributed by atoms with Crippen molar-refractivity contribution in [3.63, 3.8) is 0 Å². The molecule has 70 valence electrons. The second-order valence-corrected chi connectivity index (χ2v) is 3.05. The zero-order valence-electron chi connectivity index (χ0n) is 6.81. The van der Waals surface area contributed by atoms with Crippen molar-refractivity contribution in [2.75, 3.05) is 19.6 Å². The predicted octanol–water partition coefficient (Wildman–Crippen LogP) is -2.10. The fourth-order valence-electron chi connectivity index (χ4n) is 1.26. The number of aliphatic hydroxyl groups is 2. The van der Waals surface area contributed by atoms with Gasteiger partial charge in [-0.1, -0.05) is 0 Å². The maximum atomic E-state index is 11.1. The van der Waals surface area contributed by atoms with Crippen LogP contribution in [0.25, 0.3) is 0 Å². The third-order valence-corrected chi connectivity index (χ3v) is 1.90. The fraction of sp³-hybridized carbons (Fsp3) is 0.857. The van der Waals surface area contributed by atoms with Gasteiger partial charge in [0.15, 0.2) is 0 Å². The lowest BCUT2D eigenvalue weighted by Gasteiger charge is -2.18. The van der Waals surface area contributed by atoms with Crippen molar-refractivity contribution in [1.82, 2.24) is 4.90 Å². The zero-order chi connectivity index (χ0) is 9.14. The molecule has 1 rings (SSSR count). The minimum absolute atomic E-state index is 0.116. The van der Waals surface area contributed by atoms with Gasteiger partial charge < -0.3 is 20.8 Å². The molecule has 5 nitrogen and oxygen atoms in total. The molecule has 12 heavy (non-hydrogen) atoms. The van der Waals surface area contributed by atoms with Crippen LogP contribution in [0.15, 0.2) is 0 Å². The number of hydrogen-bond donors (Lipinski definition) is 3. The first-order valence-corrected chi connectivity index (χ1v) is 3.97. The normalized spacial score (nSPS) is 26.4. The van der Waals surface area contributed by atoms with Crippen molar-refractivity contribution in [2.45, 2.75) is 18.6 Å². The van der Waals surface area contributed by atoms with Crippen LogP contribution >= 0.6 is 0 Å². The number of nitrogens with zero attached hydrogens (tertiary/aromatic N) is 1. The highest BCUT2D eigenvalue weighted by atomic mass is 16.3. The molecule has 5 heteroatoms. The summed E-state index contributed by atoms with van der Waals surface area (Å²) in [5, 5.41) is 18.2. The summed E-state index contributed by atoms with van der Waals surface area (Å²) in [5.74, 6) is -0.116. The molecule has 4 N–H and O–H groups in total. The lowest BCUT2D eigenvalue weighted by atomic mass is 10.3. The van der Waals surface area contributed by atoms with Crippen LogP contribution in [0.4, 0.5) is 0 Å². The Bertz CT molecular complexity index is 174. The Labute approximate surface area is 70.8 Å². The summed E-state index contributed by atoms with van der Waals surface area (Å²) in [6.07, 6.45) is -1.10. The van der Waals surface area contributed by atoms with E-state index in [0.717, 1.165) is 0 Å². The molecule has 1 amide bonds. The van der Waals surface area contributed by atoms with E-state index in [1.807, 2.05) is 0 Å². The Morgan fingerprint density at radius 1 is 1.75 bits per heavy atom. The molecule has 1 aliphatic heterocycles. The van der Waals surface area contributed by atoms with E-state index in [1.165, 1.54) is 4.90 Å². The van der Waals surface area contributed by atoms with E-state index in [2.05, 4.69) is 0 Å². The Balaban J connectivity index is 2.37. The largest absolute Gasteiger partial charge is 0.391 e. The number of hydrogen-bond acceptors (Lipinski definition) is 4. The van der Waals surface area contributed by atoms with Crippen LogP contribution in [0.3, 0.4) is 0 Å². The van der Waals surface area contributed by atoms with Gasteiger partial charge in [-0.3, -0.25) is 4.79 Å². The molecule has 0 saturated carbocycles. The van der Waals surface area contributed by atoms with Gasteiger partial charge in [0.05, 0.1) is 18.6 Å². The standard InChI is InChI=1S/C7H14N2O3/c8-2-6(11)4-9-3-5(10)1-7(9)12/h5-6,10-11H,1-4,8H2. The number of rotatable bonds is 3. The molecule has 0 aromatic rings. The molecular formula is C7H14N2O3. The lowest BCUT2D eigenvalue weighted by Crippen LogP contribution is -2.37. The van der Waals surface area contributed by atoms with E-state index in [0.29, 0.717) is 6.54 Å². The van der Waals surface area contributed by atoms with Gasteiger partial charge in [-0.2, -0.15) is 0 Å². The number of carbonyl (C=O) groups excluding carboxylic acids is 1. The van der Waals surface area contributed by atoms with Crippen molar-refractivity contribution < 1.29 is 15.0 Å². The van der Waals surface area contributed by atoms with Gasteiger partial charge in [0, 0.05) is 19.6 Å². The number of carbonyl (C=O) groups is 1. The first-order valence-electron chi connectivity index (χ1n) is 3.97. The van der Waals surface area contributed by atoms with E-state index in [1.54, 1.807) is 0 Å². The van der Waals surface area contributed by atoms with Crippen molar-refractivity contribution in [3.8, 4) is 0 Å². The Morgan fingerprint density at radius 3 is 2.83 bits per heavy atom. The van der Waals surface area contributed by atoms with E-state index in [9.17, 15) is 4.79 Å². The summed E-state index contributed by atoms with van der Waals surface area (Å²) in [7, 11) is 0. The van der Waals surface area contributed by atoms with Crippen molar-refractivity contribution in [3.05, 3.63) is 0 Å². The number of β-amino-alcohol motifs (C(OH)–C–C–N with tert-alkyl or cyclic N) is 2. The van der Waals surface area contributed by atoms with Crippen LogP contribution in [0.2, 0.25) is 0 Å². The minimum atomic E-state index is -0.681. The maximum absolute atomic E-state index is 11.1. The molecule has 0 aromatic carbocycles. The van der Waals surface area contributed by atoms with Crippen LogP contribution in [0, 0.1) is 0 Å². The van der Waals surface area contributed by atoms with Gasteiger partial charge in [-0.05, 0) is 0 Å². The smallest absolute Gasteiger partial charge is 0.225 e. The summed E-state index contributed by atoms with van der Waals surface area (Å²) in [6.45, 7) is 0.683. The van der Waals surface area contributed by atoms with E-state index in [-0.39, 0.29) is 25.4 Å². The highest BCUT2D eigenvalue weighted by molar-refractivity contribution is 5.79. The summed E-state index contributed by atoms with van der Waals surface area (Å²) in [6, 6.07) is 0. The van der Waals surface area contributed by atoms with Gasteiger partial charge in [0.25, 0.3) is 0 Å². The Morgan fingerprint density at radius 2 is 2.42 bits per heavy atom. The van der Waals surface area contributed by atoms with Crippen molar-refractivity contribution in [2.24, 2.45) is 5.73 Å². The second-order valence-electron chi connectivity index (χ2n) is 3.05. The molecule has 1 saturated heterocycles. The van der Waals surface area contributed by atoms with Gasteiger partial charge >= 0.3 is 0 Å². The minimum Gasteiger partial charge on any atom is -0.391 e. The zero-order valence-corrected chi connectivity index (χ0v) is 6.81. The van der Waals surface area contributed by atoms with Crippen LogP contribution in [0.1, 0.15) is 6.42 Å². The Hall–Kier alpha value is -0.650. The average Bonchev–Trinajstić information content (AvgIpc) is 2.30. The number of amides is 1. The van der Waals surface area contributed by atoms with Crippen LogP contribution in [-0.2, 0) is 4.79 Å². The SMILES string of the molecule is NCC(O)CN1CC(O)CC1=O. The van der Waals surface area contributed by atoms with Crippen LogP contribution in [0.5, 0.6) is 0 Å². The summed E-state index contributed by atoms with van der Waals surface area (Å²) >= 11 is 0. The summed E-state index contributed by atoms with van der Waals surface area (Å²) in [5.41, 5.74) is 5.18. The van der Waals surface area contributed by atoms with Gasteiger partial charge in [-0.15, -0.1) is 0 Å². The first kappa shape index (κ1) is 9.44. The highest BCUT2D eigenvalue weighted by Gasteiger charge is 2.28. The molecule has 0 aliphatic carbocycles. The third-order valence-electron chi connectivity index (χ3n) is 1.90.